The van der Waals surface area contributed by atoms with Crippen molar-refractivity contribution >= 4 is 17.6 Å². The molecule has 1 aliphatic carbocycles. The zero-order valence-electron chi connectivity index (χ0n) is 13.0. The Balaban J connectivity index is 2.27. The minimum absolute atomic E-state index is 0.0297. The Morgan fingerprint density at radius 2 is 1.86 bits per heavy atom. The number of nitrogens with one attached hydrogen (secondary N) is 1. The highest BCUT2D eigenvalue weighted by atomic mass is 16.4. The molecule has 1 aliphatic rings. The van der Waals surface area contributed by atoms with Gasteiger partial charge in [0.15, 0.2) is 0 Å². The molecule has 21 heavy (non-hydrogen) atoms. The number of benzene rings is 1. The lowest BCUT2D eigenvalue weighted by atomic mass is 9.82. The molecule has 0 radical (unpaired) electrons. The third-order valence-electron chi connectivity index (χ3n) is 4.87. The maximum Gasteiger partial charge on any atom is 0.336 e. The number of anilines is 1. The number of carbonyl (C=O) groups is 2. The Morgan fingerprint density at radius 3 is 2.38 bits per heavy atom. The Morgan fingerprint density at radius 1 is 1.24 bits per heavy atom. The molecule has 4 nitrogen and oxygen atoms in total. The van der Waals surface area contributed by atoms with Gasteiger partial charge in [-0.3, -0.25) is 4.79 Å². The number of carboxylic acid groups (broad SMARTS) is 1. The number of aryl methyl sites for hydroxylation is 1. The van der Waals surface area contributed by atoms with Gasteiger partial charge in [0, 0.05) is 11.1 Å². The number of rotatable bonds is 4. The van der Waals surface area contributed by atoms with Crippen LogP contribution in [0.2, 0.25) is 0 Å². The van der Waals surface area contributed by atoms with Crippen LogP contribution in [-0.4, -0.2) is 17.0 Å². The third-order valence-corrected chi connectivity index (χ3v) is 4.87. The quantitative estimate of drug-likeness (QED) is 0.883. The van der Waals surface area contributed by atoms with E-state index in [0.717, 1.165) is 43.2 Å². The first-order valence-electron chi connectivity index (χ1n) is 7.55. The summed E-state index contributed by atoms with van der Waals surface area (Å²) in [5, 5.41) is 12.2. The van der Waals surface area contributed by atoms with Gasteiger partial charge in [-0.2, -0.15) is 0 Å². The summed E-state index contributed by atoms with van der Waals surface area (Å²) in [6.07, 6.45) is 4.86. The summed E-state index contributed by atoms with van der Waals surface area (Å²) in [4.78, 5) is 23.9. The summed E-state index contributed by atoms with van der Waals surface area (Å²) in [6, 6.07) is 3.40. The van der Waals surface area contributed by atoms with Gasteiger partial charge in [-0.25, -0.2) is 4.79 Å². The van der Waals surface area contributed by atoms with Crippen LogP contribution in [0.5, 0.6) is 0 Å². The van der Waals surface area contributed by atoms with Crippen LogP contribution in [0.4, 0.5) is 5.69 Å². The normalized spacial score (nSPS) is 16.7. The highest BCUT2D eigenvalue weighted by Crippen LogP contribution is 2.42. The summed E-state index contributed by atoms with van der Waals surface area (Å²) in [6.45, 7) is 5.70. The fraction of sp³-hybridized carbons (Fsp3) is 0.529. The van der Waals surface area contributed by atoms with Crippen LogP contribution in [0.3, 0.4) is 0 Å². The van der Waals surface area contributed by atoms with Crippen molar-refractivity contribution in [2.24, 2.45) is 5.41 Å². The third kappa shape index (κ3) is 2.94. The molecular formula is C17H23NO3. The molecule has 0 unspecified atom stereocenters. The molecular weight excluding hydrogens is 266 g/mol. The molecule has 1 amide bonds. The summed E-state index contributed by atoms with van der Waals surface area (Å²) in [5.41, 5.74) is 2.18. The molecule has 1 saturated carbocycles. The largest absolute Gasteiger partial charge is 0.478 e. The van der Waals surface area contributed by atoms with Crippen LogP contribution in [0, 0.1) is 19.3 Å². The van der Waals surface area contributed by atoms with Gasteiger partial charge in [0.1, 0.15) is 0 Å². The van der Waals surface area contributed by atoms with Crippen LogP contribution >= 0.6 is 0 Å². The van der Waals surface area contributed by atoms with Gasteiger partial charge < -0.3 is 10.4 Å². The molecule has 0 saturated heterocycles. The average molecular weight is 289 g/mol. The van der Waals surface area contributed by atoms with Gasteiger partial charge in [0.2, 0.25) is 5.91 Å². The van der Waals surface area contributed by atoms with E-state index >= 15 is 0 Å². The fourth-order valence-corrected chi connectivity index (χ4v) is 3.21. The monoisotopic (exact) mass is 289 g/mol. The number of amides is 1. The standard InChI is InChI=1S/C17H23NO3/c1-4-17(7-5-6-8-17)16(21)18-13-9-11(2)12(3)14(10-13)15(19)20/h9-10H,4-8H2,1-3H3,(H,18,21)(H,19,20). The SMILES string of the molecule is CCC1(C(=O)Nc2cc(C)c(C)c(C(=O)O)c2)CCCC1. The number of hydrogen-bond acceptors (Lipinski definition) is 2. The van der Waals surface area contributed by atoms with Crippen LogP contribution in [-0.2, 0) is 4.79 Å². The van der Waals surface area contributed by atoms with Crippen molar-refractivity contribution in [2.45, 2.75) is 52.9 Å². The molecule has 2 rings (SSSR count). The maximum absolute atomic E-state index is 12.6. The lowest BCUT2D eigenvalue weighted by Crippen LogP contribution is -2.33. The maximum atomic E-state index is 12.6. The van der Waals surface area contributed by atoms with Crippen LogP contribution in [0.15, 0.2) is 12.1 Å². The summed E-state index contributed by atoms with van der Waals surface area (Å²) in [7, 11) is 0. The first-order valence-corrected chi connectivity index (χ1v) is 7.55. The molecule has 0 atom stereocenters. The number of carboxylic acids is 1. The zero-order valence-corrected chi connectivity index (χ0v) is 13.0. The van der Waals surface area contributed by atoms with E-state index in [-0.39, 0.29) is 16.9 Å². The molecule has 4 heteroatoms. The zero-order chi connectivity index (χ0) is 15.6. The second-order valence-corrected chi connectivity index (χ2v) is 6.07. The van der Waals surface area contributed by atoms with Crippen molar-refractivity contribution in [1.82, 2.24) is 0 Å². The van der Waals surface area contributed by atoms with Gasteiger partial charge in [-0.05, 0) is 56.4 Å². The Bertz CT molecular complexity index is 572. The van der Waals surface area contributed by atoms with Crippen LogP contribution in [0.1, 0.15) is 60.5 Å². The Hall–Kier alpha value is -1.84. The van der Waals surface area contributed by atoms with Crippen molar-refractivity contribution in [3.8, 4) is 0 Å². The van der Waals surface area contributed by atoms with Crippen molar-refractivity contribution in [2.75, 3.05) is 5.32 Å². The number of carbonyl (C=O) groups excluding carboxylic acids is 1. The second kappa shape index (κ2) is 5.88. The Kier molecular flexibility index (Phi) is 4.35. The fourth-order valence-electron chi connectivity index (χ4n) is 3.21. The van der Waals surface area contributed by atoms with E-state index in [1.54, 1.807) is 13.0 Å². The van der Waals surface area contributed by atoms with Gasteiger partial charge in [-0.1, -0.05) is 19.8 Å². The Labute approximate surface area is 125 Å². The molecule has 1 aromatic rings. The molecule has 0 aromatic heterocycles. The average Bonchev–Trinajstić information content (AvgIpc) is 2.92. The highest BCUT2D eigenvalue weighted by molar-refractivity contribution is 5.97. The molecule has 1 fully saturated rings. The minimum atomic E-state index is -0.960. The van der Waals surface area contributed by atoms with E-state index in [1.807, 2.05) is 19.9 Å². The van der Waals surface area contributed by atoms with Crippen LogP contribution < -0.4 is 5.32 Å². The second-order valence-electron chi connectivity index (χ2n) is 6.07. The first kappa shape index (κ1) is 15.5. The molecule has 0 spiro atoms. The van der Waals surface area contributed by atoms with Crippen molar-refractivity contribution in [3.05, 3.63) is 28.8 Å². The molecule has 114 valence electrons. The van der Waals surface area contributed by atoms with Crippen molar-refractivity contribution in [1.29, 1.82) is 0 Å². The topological polar surface area (TPSA) is 66.4 Å². The van der Waals surface area contributed by atoms with E-state index in [0.29, 0.717) is 5.69 Å². The molecule has 1 aromatic carbocycles. The summed E-state index contributed by atoms with van der Waals surface area (Å²) < 4.78 is 0. The van der Waals surface area contributed by atoms with Crippen molar-refractivity contribution < 1.29 is 14.7 Å². The van der Waals surface area contributed by atoms with Gasteiger partial charge in [-0.15, -0.1) is 0 Å². The predicted molar refractivity (Wildman–Crippen MR) is 82.7 cm³/mol. The van der Waals surface area contributed by atoms with Gasteiger partial charge >= 0.3 is 5.97 Å². The molecule has 0 aliphatic heterocycles. The van der Waals surface area contributed by atoms with Crippen molar-refractivity contribution in [3.63, 3.8) is 0 Å². The van der Waals surface area contributed by atoms with E-state index in [2.05, 4.69) is 5.32 Å². The van der Waals surface area contributed by atoms with E-state index in [9.17, 15) is 14.7 Å². The summed E-state index contributed by atoms with van der Waals surface area (Å²) in [5.74, 6) is -0.931. The number of hydrogen-bond donors (Lipinski definition) is 2. The van der Waals surface area contributed by atoms with E-state index < -0.39 is 5.97 Å². The smallest absolute Gasteiger partial charge is 0.336 e. The minimum Gasteiger partial charge on any atom is -0.478 e. The first-order chi connectivity index (χ1) is 9.89. The number of aromatic carboxylic acids is 1. The van der Waals surface area contributed by atoms with E-state index in [1.165, 1.54) is 0 Å². The lowest BCUT2D eigenvalue weighted by Gasteiger charge is -2.26. The van der Waals surface area contributed by atoms with Gasteiger partial charge in [0.25, 0.3) is 0 Å². The molecule has 0 heterocycles. The molecule has 2 N–H and O–H groups in total. The molecule has 0 bridgehead atoms. The predicted octanol–water partition coefficient (Wildman–Crippen LogP) is 3.91. The van der Waals surface area contributed by atoms with Gasteiger partial charge in [0.05, 0.1) is 5.56 Å². The van der Waals surface area contributed by atoms with E-state index in [4.69, 9.17) is 0 Å². The summed E-state index contributed by atoms with van der Waals surface area (Å²) >= 11 is 0. The highest BCUT2D eigenvalue weighted by Gasteiger charge is 2.39. The van der Waals surface area contributed by atoms with Crippen LogP contribution in [0.25, 0.3) is 0 Å². The lowest BCUT2D eigenvalue weighted by molar-refractivity contribution is -0.125.